The zero-order chi connectivity index (χ0) is 12.8. The van der Waals surface area contributed by atoms with Gasteiger partial charge in [0.1, 0.15) is 5.82 Å². The summed E-state index contributed by atoms with van der Waals surface area (Å²) in [6.07, 6.45) is 3.43. The number of oxazole rings is 1. The fourth-order valence-electron chi connectivity index (χ4n) is 2.10. The molecule has 6 nitrogen and oxygen atoms in total. The van der Waals surface area contributed by atoms with Crippen LogP contribution in [0.5, 0.6) is 0 Å². The van der Waals surface area contributed by atoms with E-state index in [-0.39, 0.29) is 0 Å². The van der Waals surface area contributed by atoms with E-state index in [9.17, 15) is 4.79 Å². The first-order valence-corrected chi connectivity index (χ1v) is 5.72. The van der Waals surface area contributed by atoms with Crippen molar-refractivity contribution in [2.45, 2.75) is 0 Å². The normalized spacial score (nSPS) is 11.4. The highest BCUT2D eigenvalue weighted by molar-refractivity contribution is 5.91. The molecule has 0 aliphatic heterocycles. The second-order valence-corrected chi connectivity index (χ2v) is 4.20. The van der Waals surface area contributed by atoms with Crippen LogP contribution in [0.2, 0.25) is 0 Å². The molecule has 0 atom stereocenters. The molecular formula is C13H8N4O2. The summed E-state index contributed by atoms with van der Waals surface area (Å²) >= 11 is 0. The Kier molecular flexibility index (Phi) is 1.88. The Hall–Kier alpha value is -2.89. The molecule has 6 heteroatoms. The van der Waals surface area contributed by atoms with Crippen molar-refractivity contribution in [1.29, 1.82) is 0 Å². The highest BCUT2D eigenvalue weighted by atomic mass is 16.4. The Morgan fingerprint density at radius 3 is 2.74 bits per heavy atom. The molecule has 0 radical (unpaired) electrons. The van der Waals surface area contributed by atoms with Crippen LogP contribution < -0.4 is 5.76 Å². The van der Waals surface area contributed by atoms with Crippen LogP contribution >= 0.6 is 0 Å². The molecule has 3 aromatic heterocycles. The van der Waals surface area contributed by atoms with Crippen molar-refractivity contribution >= 4 is 22.1 Å². The number of rotatable bonds is 1. The molecule has 4 aromatic rings. The van der Waals surface area contributed by atoms with E-state index >= 15 is 0 Å². The highest BCUT2D eigenvalue weighted by Gasteiger charge is 2.08. The number of H-pyrrole nitrogens is 2. The topological polar surface area (TPSA) is 87.6 Å². The van der Waals surface area contributed by atoms with Crippen molar-refractivity contribution in [1.82, 2.24) is 19.9 Å². The summed E-state index contributed by atoms with van der Waals surface area (Å²) in [6, 6.07) is 7.31. The lowest BCUT2D eigenvalue weighted by Crippen LogP contribution is -1.92. The molecule has 2 N–H and O–H groups in total. The molecule has 4 rings (SSSR count). The minimum atomic E-state index is -0.461. The van der Waals surface area contributed by atoms with Crippen LogP contribution in [-0.2, 0) is 0 Å². The maximum absolute atomic E-state index is 11.1. The maximum atomic E-state index is 11.1. The molecule has 1 aromatic carbocycles. The highest BCUT2D eigenvalue weighted by Crippen LogP contribution is 2.23. The van der Waals surface area contributed by atoms with Crippen LogP contribution in [0, 0.1) is 0 Å². The van der Waals surface area contributed by atoms with Gasteiger partial charge in [0, 0.05) is 24.0 Å². The third-order valence-electron chi connectivity index (χ3n) is 2.98. The number of fused-ring (bicyclic) bond motifs is 2. The van der Waals surface area contributed by atoms with Gasteiger partial charge in [-0.2, -0.15) is 0 Å². The molecule has 0 saturated heterocycles. The van der Waals surface area contributed by atoms with Crippen molar-refractivity contribution in [2.24, 2.45) is 0 Å². The summed E-state index contributed by atoms with van der Waals surface area (Å²) in [4.78, 5) is 25.4. The van der Waals surface area contributed by atoms with Crippen LogP contribution in [0.25, 0.3) is 33.5 Å². The first-order chi connectivity index (χ1) is 9.29. The van der Waals surface area contributed by atoms with Gasteiger partial charge in [-0.3, -0.25) is 9.97 Å². The van der Waals surface area contributed by atoms with Crippen LogP contribution in [0.1, 0.15) is 0 Å². The summed E-state index contributed by atoms with van der Waals surface area (Å²) < 4.78 is 5.02. The Labute approximate surface area is 106 Å². The minimum absolute atomic E-state index is 0.461. The average Bonchev–Trinajstić information content (AvgIpc) is 2.98. The molecular weight excluding hydrogens is 244 g/mol. The van der Waals surface area contributed by atoms with Crippen molar-refractivity contribution in [3.63, 3.8) is 0 Å². The summed E-state index contributed by atoms with van der Waals surface area (Å²) in [5.41, 5.74) is 3.71. The fraction of sp³-hybridized carbons (Fsp3) is 0. The lowest BCUT2D eigenvalue weighted by Gasteiger charge is -1.92. The third kappa shape index (κ3) is 1.54. The summed E-state index contributed by atoms with van der Waals surface area (Å²) in [6.45, 7) is 0. The van der Waals surface area contributed by atoms with Crippen molar-refractivity contribution in [3.05, 3.63) is 47.2 Å². The number of pyridine rings is 1. The molecule has 0 fully saturated rings. The van der Waals surface area contributed by atoms with Gasteiger partial charge in [0.2, 0.25) is 0 Å². The van der Waals surface area contributed by atoms with E-state index in [0.717, 1.165) is 22.4 Å². The van der Waals surface area contributed by atoms with Crippen molar-refractivity contribution in [2.75, 3.05) is 0 Å². The first kappa shape index (κ1) is 10.1. The third-order valence-corrected chi connectivity index (χ3v) is 2.98. The van der Waals surface area contributed by atoms with E-state index in [1.54, 1.807) is 18.5 Å². The lowest BCUT2D eigenvalue weighted by atomic mass is 10.3. The lowest BCUT2D eigenvalue weighted by molar-refractivity contribution is 0.555. The van der Waals surface area contributed by atoms with Gasteiger partial charge in [0.25, 0.3) is 0 Å². The quantitative estimate of drug-likeness (QED) is 0.542. The van der Waals surface area contributed by atoms with E-state index in [0.29, 0.717) is 11.1 Å². The molecule has 0 amide bonds. The second-order valence-electron chi connectivity index (χ2n) is 4.20. The SMILES string of the molecule is O=c1[nH]c2cc3[nH]c(-c4ccncc4)nc3cc2o1. The number of benzene rings is 1. The molecule has 0 aliphatic carbocycles. The molecule has 19 heavy (non-hydrogen) atoms. The smallest absolute Gasteiger partial charge is 0.408 e. The number of aromatic nitrogens is 4. The predicted molar refractivity (Wildman–Crippen MR) is 69.7 cm³/mol. The van der Waals surface area contributed by atoms with Gasteiger partial charge in [-0.15, -0.1) is 0 Å². The number of nitrogens with zero attached hydrogens (tertiary/aromatic N) is 2. The van der Waals surface area contributed by atoms with Crippen LogP contribution in [-0.4, -0.2) is 19.9 Å². The largest absolute Gasteiger partial charge is 0.417 e. The number of imidazole rings is 1. The maximum Gasteiger partial charge on any atom is 0.417 e. The van der Waals surface area contributed by atoms with E-state index in [1.807, 2.05) is 18.2 Å². The van der Waals surface area contributed by atoms with Gasteiger partial charge < -0.3 is 9.40 Å². The molecule has 0 aliphatic rings. The van der Waals surface area contributed by atoms with Gasteiger partial charge in [-0.25, -0.2) is 9.78 Å². The van der Waals surface area contributed by atoms with Crippen molar-refractivity contribution < 1.29 is 4.42 Å². The standard InChI is InChI=1S/C13H8N4O2/c18-13-17-10-5-8-9(6-11(10)19-13)16-12(15-8)7-1-3-14-4-2-7/h1-6H,(H,15,16)(H,17,18). The Morgan fingerprint density at radius 2 is 1.89 bits per heavy atom. The molecule has 0 saturated carbocycles. The van der Waals surface area contributed by atoms with E-state index < -0.39 is 5.76 Å². The van der Waals surface area contributed by atoms with Gasteiger partial charge in [-0.1, -0.05) is 0 Å². The number of hydrogen-bond donors (Lipinski definition) is 2. The minimum Gasteiger partial charge on any atom is -0.408 e. The molecule has 0 bridgehead atoms. The van der Waals surface area contributed by atoms with Gasteiger partial charge >= 0.3 is 5.76 Å². The Morgan fingerprint density at radius 1 is 1.05 bits per heavy atom. The monoisotopic (exact) mass is 252 g/mol. The van der Waals surface area contributed by atoms with Crippen molar-refractivity contribution in [3.8, 4) is 11.4 Å². The Balaban J connectivity index is 1.99. The van der Waals surface area contributed by atoms with Crippen LogP contribution in [0.4, 0.5) is 0 Å². The van der Waals surface area contributed by atoms with Crippen LogP contribution in [0.15, 0.2) is 45.9 Å². The predicted octanol–water partition coefficient (Wildman–Crippen LogP) is 2.06. The van der Waals surface area contributed by atoms with Gasteiger partial charge in [-0.05, 0) is 18.2 Å². The number of nitrogens with one attached hydrogen (secondary N) is 2. The zero-order valence-corrected chi connectivity index (χ0v) is 9.68. The summed E-state index contributed by atoms with van der Waals surface area (Å²) in [5.74, 6) is 0.296. The van der Waals surface area contributed by atoms with E-state index in [1.165, 1.54) is 0 Å². The van der Waals surface area contributed by atoms with Crippen LogP contribution in [0.3, 0.4) is 0 Å². The molecule has 92 valence electrons. The molecule has 0 unspecified atom stereocenters. The van der Waals surface area contributed by atoms with Gasteiger partial charge in [0.05, 0.1) is 16.6 Å². The number of hydrogen-bond acceptors (Lipinski definition) is 4. The first-order valence-electron chi connectivity index (χ1n) is 5.72. The summed E-state index contributed by atoms with van der Waals surface area (Å²) in [5, 5.41) is 0. The molecule has 0 spiro atoms. The Bertz CT molecular complexity index is 880. The zero-order valence-electron chi connectivity index (χ0n) is 9.68. The van der Waals surface area contributed by atoms with E-state index in [2.05, 4.69) is 19.9 Å². The average molecular weight is 252 g/mol. The second kappa shape index (κ2) is 3.55. The molecule has 3 heterocycles. The number of aromatic amines is 2. The van der Waals surface area contributed by atoms with Gasteiger partial charge in [0.15, 0.2) is 5.58 Å². The van der Waals surface area contributed by atoms with E-state index in [4.69, 9.17) is 4.42 Å². The fourth-order valence-corrected chi connectivity index (χ4v) is 2.10. The summed E-state index contributed by atoms with van der Waals surface area (Å²) in [7, 11) is 0.